The van der Waals surface area contributed by atoms with E-state index in [1.807, 2.05) is 48.5 Å². The molecule has 0 saturated carbocycles. The van der Waals surface area contributed by atoms with E-state index in [1.54, 1.807) is 6.92 Å². The summed E-state index contributed by atoms with van der Waals surface area (Å²) in [6, 6.07) is 19.7. The van der Waals surface area contributed by atoms with Crippen molar-refractivity contribution in [1.29, 1.82) is 0 Å². The number of nitrogens with zero attached hydrogens (tertiary/aromatic N) is 2. The molecule has 0 aromatic heterocycles. The third kappa shape index (κ3) is 5.77. The van der Waals surface area contributed by atoms with Crippen LogP contribution in [-0.2, 0) is 27.8 Å². The Kier molecular flexibility index (Phi) is 6.82. The van der Waals surface area contributed by atoms with Crippen molar-refractivity contribution in [2.24, 2.45) is 4.40 Å². The Hall–Kier alpha value is -2.93. The average molecular weight is 412 g/mol. The summed E-state index contributed by atoms with van der Waals surface area (Å²) in [4.78, 5) is 12.6. The van der Waals surface area contributed by atoms with Crippen LogP contribution in [0.25, 0.3) is 0 Å². The number of amides is 1. The van der Waals surface area contributed by atoms with Gasteiger partial charge in [0.2, 0.25) is 0 Å². The summed E-state index contributed by atoms with van der Waals surface area (Å²) >= 11 is 0. The van der Waals surface area contributed by atoms with Crippen molar-refractivity contribution in [2.75, 3.05) is 13.1 Å². The SMILES string of the molecule is CC1=NS(=O)(=O)N(CCc2ccccc2)C=C1C(=O)NCCCc1ccccc1. The summed E-state index contributed by atoms with van der Waals surface area (Å²) in [7, 11) is -3.81. The molecule has 0 aliphatic carbocycles. The molecule has 1 amide bonds. The zero-order chi connectivity index (χ0) is 20.7. The Bertz CT molecular complexity index is 1000. The first-order chi connectivity index (χ1) is 14.0. The second kappa shape index (κ2) is 9.52. The van der Waals surface area contributed by atoms with E-state index in [9.17, 15) is 13.2 Å². The fourth-order valence-corrected chi connectivity index (χ4v) is 4.21. The molecule has 0 spiro atoms. The molecule has 1 aliphatic heterocycles. The van der Waals surface area contributed by atoms with Gasteiger partial charge in [0.15, 0.2) is 0 Å². The first-order valence-corrected chi connectivity index (χ1v) is 11.0. The summed E-state index contributed by atoms with van der Waals surface area (Å²) in [5.74, 6) is -0.307. The van der Waals surface area contributed by atoms with Gasteiger partial charge >= 0.3 is 10.2 Å². The summed E-state index contributed by atoms with van der Waals surface area (Å²) in [5.41, 5.74) is 2.73. The van der Waals surface area contributed by atoms with Gasteiger partial charge in [0.1, 0.15) is 0 Å². The fraction of sp³-hybridized carbons (Fsp3) is 0.273. The molecule has 2 aromatic rings. The molecule has 2 aromatic carbocycles. The lowest BCUT2D eigenvalue weighted by Gasteiger charge is -2.23. The van der Waals surface area contributed by atoms with Crippen LogP contribution in [0, 0.1) is 0 Å². The molecule has 1 heterocycles. The normalized spacial score (nSPS) is 15.4. The molecule has 0 atom stereocenters. The van der Waals surface area contributed by atoms with Crippen LogP contribution in [0.5, 0.6) is 0 Å². The van der Waals surface area contributed by atoms with Crippen LogP contribution in [0.4, 0.5) is 0 Å². The smallest absolute Gasteiger partial charge is 0.344 e. The summed E-state index contributed by atoms with van der Waals surface area (Å²) in [5, 5.41) is 2.87. The van der Waals surface area contributed by atoms with Crippen LogP contribution in [0.1, 0.15) is 24.5 Å². The summed E-state index contributed by atoms with van der Waals surface area (Å²) < 4.78 is 29.6. The lowest BCUT2D eigenvalue weighted by molar-refractivity contribution is -0.117. The Morgan fingerprint density at radius 3 is 2.17 bits per heavy atom. The van der Waals surface area contributed by atoms with Gasteiger partial charge in [0.05, 0.1) is 11.3 Å². The molecule has 0 unspecified atom stereocenters. The highest BCUT2D eigenvalue weighted by Crippen LogP contribution is 2.17. The van der Waals surface area contributed by atoms with E-state index in [0.29, 0.717) is 13.0 Å². The average Bonchev–Trinajstić information content (AvgIpc) is 2.71. The van der Waals surface area contributed by atoms with Crippen LogP contribution in [-0.4, -0.2) is 37.4 Å². The number of aryl methyl sites for hydroxylation is 1. The number of benzene rings is 2. The second-order valence-corrected chi connectivity index (χ2v) is 8.44. The third-order valence-electron chi connectivity index (χ3n) is 4.69. The lowest BCUT2D eigenvalue weighted by Crippen LogP contribution is -2.36. The Balaban J connectivity index is 1.59. The standard InChI is InChI=1S/C22H25N3O3S/c1-18-21(22(26)23-15-8-13-19-9-4-2-5-10-19)17-25(29(27,28)24-18)16-14-20-11-6-3-7-12-20/h2-7,9-12,17H,8,13-16H2,1H3,(H,23,26). The van der Waals surface area contributed by atoms with Crippen molar-refractivity contribution >= 4 is 21.8 Å². The Labute approximate surface area is 172 Å². The van der Waals surface area contributed by atoms with Crippen molar-refractivity contribution in [3.8, 4) is 0 Å². The molecule has 0 fully saturated rings. The second-order valence-electron chi connectivity index (χ2n) is 6.89. The van der Waals surface area contributed by atoms with Gasteiger partial charge in [-0.15, -0.1) is 4.40 Å². The molecule has 6 nitrogen and oxygen atoms in total. The number of carbonyl (C=O) groups excluding carboxylic acids is 1. The molecular formula is C22H25N3O3S. The first kappa shape index (κ1) is 20.8. The number of hydrogen-bond donors (Lipinski definition) is 1. The van der Waals surface area contributed by atoms with E-state index in [2.05, 4.69) is 21.8 Å². The number of carbonyl (C=O) groups is 1. The third-order valence-corrected chi connectivity index (χ3v) is 6.08. The quantitative estimate of drug-likeness (QED) is 0.679. The topological polar surface area (TPSA) is 78.8 Å². The van der Waals surface area contributed by atoms with Gasteiger partial charge in [0.25, 0.3) is 5.91 Å². The molecular weight excluding hydrogens is 386 g/mol. The highest BCUT2D eigenvalue weighted by molar-refractivity contribution is 7.88. The largest absolute Gasteiger partial charge is 0.352 e. The minimum Gasteiger partial charge on any atom is -0.352 e. The minimum absolute atomic E-state index is 0.210. The predicted octanol–water partition coefficient (Wildman–Crippen LogP) is 2.88. The zero-order valence-corrected chi connectivity index (χ0v) is 17.2. The molecule has 1 aliphatic rings. The van der Waals surface area contributed by atoms with Gasteiger partial charge in [-0.05, 0) is 37.3 Å². The van der Waals surface area contributed by atoms with Gasteiger partial charge in [-0.25, -0.2) is 0 Å². The monoisotopic (exact) mass is 411 g/mol. The van der Waals surface area contributed by atoms with Gasteiger partial charge in [-0.2, -0.15) is 8.42 Å². The molecule has 3 rings (SSSR count). The highest BCUT2D eigenvalue weighted by atomic mass is 32.2. The first-order valence-electron chi connectivity index (χ1n) is 9.62. The number of rotatable bonds is 8. The maximum Gasteiger partial charge on any atom is 0.344 e. The van der Waals surface area contributed by atoms with E-state index in [0.717, 1.165) is 22.7 Å². The number of nitrogens with one attached hydrogen (secondary N) is 1. The highest BCUT2D eigenvalue weighted by Gasteiger charge is 2.27. The maximum atomic E-state index is 12.6. The van der Waals surface area contributed by atoms with Crippen LogP contribution >= 0.6 is 0 Å². The van der Waals surface area contributed by atoms with E-state index in [-0.39, 0.29) is 23.7 Å². The van der Waals surface area contributed by atoms with Crippen molar-refractivity contribution < 1.29 is 13.2 Å². The van der Waals surface area contributed by atoms with Crippen LogP contribution in [0.2, 0.25) is 0 Å². The number of hydrogen-bond acceptors (Lipinski definition) is 3. The van der Waals surface area contributed by atoms with Gasteiger partial charge in [-0.3, -0.25) is 9.10 Å². The molecule has 0 saturated heterocycles. The van der Waals surface area contributed by atoms with Crippen molar-refractivity contribution in [3.63, 3.8) is 0 Å². The Morgan fingerprint density at radius 2 is 1.55 bits per heavy atom. The van der Waals surface area contributed by atoms with Crippen molar-refractivity contribution in [2.45, 2.75) is 26.2 Å². The molecule has 0 radical (unpaired) electrons. The fourth-order valence-electron chi connectivity index (χ4n) is 3.10. The lowest BCUT2D eigenvalue weighted by atomic mass is 10.1. The van der Waals surface area contributed by atoms with Crippen molar-refractivity contribution in [3.05, 3.63) is 83.6 Å². The molecule has 1 N–H and O–H groups in total. The molecule has 0 bridgehead atoms. The van der Waals surface area contributed by atoms with E-state index in [1.165, 1.54) is 11.8 Å². The van der Waals surface area contributed by atoms with E-state index < -0.39 is 10.2 Å². The maximum absolute atomic E-state index is 12.6. The van der Waals surface area contributed by atoms with E-state index >= 15 is 0 Å². The van der Waals surface area contributed by atoms with Crippen molar-refractivity contribution in [1.82, 2.24) is 9.62 Å². The van der Waals surface area contributed by atoms with Crippen LogP contribution < -0.4 is 5.32 Å². The molecule has 152 valence electrons. The summed E-state index contributed by atoms with van der Waals surface area (Å²) in [6.07, 6.45) is 3.60. The summed E-state index contributed by atoms with van der Waals surface area (Å²) in [6.45, 7) is 2.28. The zero-order valence-electron chi connectivity index (χ0n) is 16.4. The van der Waals surface area contributed by atoms with Crippen LogP contribution in [0.15, 0.2) is 76.8 Å². The van der Waals surface area contributed by atoms with E-state index in [4.69, 9.17) is 0 Å². The van der Waals surface area contributed by atoms with Gasteiger partial charge < -0.3 is 5.32 Å². The Morgan fingerprint density at radius 1 is 0.966 bits per heavy atom. The van der Waals surface area contributed by atoms with Gasteiger partial charge in [-0.1, -0.05) is 60.7 Å². The van der Waals surface area contributed by atoms with Crippen LogP contribution in [0.3, 0.4) is 0 Å². The van der Waals surface area contributed by atoms with Gasteiger partial charge in [0, 0.05) is 19.3 Å². The molecule has 29 heavy (non-hydrogen) atoms. The minimum atomic E-state index is -3.81. The molecule has 7 heteroatoms. The predicted molar refractivity (Wildman–Crippen MR) is 115 cm³/mol.